The molecule has 4 heteroatoms. The van der Waals surface area contributed by atoms with Gasteiger partial charge in [0.25, 0.3) is 0 Å². The van der Waals surface area contributed by atoms with Crippen molar-refractivity contribution in [3.8, 4) is 0 Å². The van der Waals surface area contributed by atoms with Crippen LogP contribution in [-0.4, -0.2) is 21.3 Å². The van der Waals surface area contributed by atoms with Gasteiger partial charge in [0.15, 0.2) is 0 Å². The molecule has 1 fully saturated rings. The molecule has 0 unspecified atom stereocenters. The minimum absolute atomic E-state index is 0.268. The molecule has 0 bridgehead atoms. The number of hydrogen-bond acceptors (Lipinski definition) is 3. The fourth-order valence-electron chi connectivity index (χ4n) is 3.31. The van der Waals surface area contributed by atoms with Gasteiger partial charge in [0.1, 0.15) is 12.2 Å². The Morgan fingerprint density at radius 3 is 2.68 bits per heavy atom. The summed E-state index contributed by atoms with van der Waals surface area (Å²) in [4.78, 5) is 4.46. The maximum atomic E-state index is 6.11. The molecule has 19 heavy (non-hydrogen) atoms. The fourth-order valence-corrected chi connectivity index (χ4v) is 3.31. The lowest BCUT2D eigenvalue weighted by Gasteiger charge is -2.39. The molecule has 4 nitrogen and oxygen atoms in total. The highest BCUT2D eigenvalue weighted by atomic mass is 15.3. The monoisotopic (exact) mass is 264 g/mol. The van der Waals surface area contributed by atoms with E-state index in [0.717, 1.165) is 37.7 Å². The molecule has 1 saturated carbocycles. The van der Waals surface area contributed by atoms with E-state index < -0.39 is 0 Å². The molecule has 0 saturated heterocycles. The van der Waals surface area contributed by atoms with Gasteiger partial charge in [-0.15, -0.1) is 0 Å². The lowest BCUT2D eigenvalue weighted by atomic mass is 9.68. The van der Waals surface area contributed by atoms with Gasteiger partial charge in [-0.25, -0.2) is 4.98 Å². The predicted molar refractivity (Wildman–Crippen MR) is 77.8 cm³/mol. The van der Waals surface area contributed by atoms with E-state index >= 15 is 0 Å². The van der Waals surface area contributed by atoms with E-state index in [-0.39, 0.29) is 5.41 Å². The molecule has 108 valence electrons. The lowest BCUT2D eigenvalue weighted by molar-refractivity contribution is 0.149. The molecular formula is C15H28N4. The van der Waals surface area contributed by atoms with E-state index in [1.54, 1.807) is 6.33 Å². The Kier molecular flexibility index (Phi) is 4.97. The first-order valence-electron chi connectivity index (χ1n) is 7.79. The van der Waals surface area contributed by atoms with Crippen molar-refractivity contribution >= 4 is 0 Å². The van der Waals surface area contributed by atoms with Gasteiger partial charge in [0.2, 0.25) is 0 Å². The summed E-state index contributed by atoms with van der Waals surface area (Å²) in [6, 6.07) is 0. The summed E-state index contributed by atoms with van der Waals surface area (Å²) in [5, 5.41) is 4.33. The van der Waals surface area contributed by atoms with Crippen LogP contribution in [0.5, 0.6) is 0 Å². The Hall–Kier alpha value is -0.900. The van der Waals surface area contributed by atoms with Crippen LogP contribution in [0.1, 0.15) is 58.2 Å². The third-order valence-corrected chi connectivity index (χ3v) is 4.84. The second-order valence-corrected chi connectivity index (χ2v) is 6.13. The Bertz CT molecular complexity index is 377. The molecule has 1 aliphatic rings. The zero-order valence-corrected chi connectivity index (χ0v) is 12.4. The Balaban J connectivity index is 2.04. The topological polar surface area (TPSA) is 56.7 Å². The summed E-state index contributed by atoms with van der Waals surface area (Å²) >= 11 is 0. The molecule has 0 radical (unpaired) electrons. The summed E-state index contributed by atoms with van der Waals surface area (Å²) in [6.45, 7) is 6.23. The van der Waals surface area contributed by atoms with Gasteiger partial charge in [-0.2, -0.15) is 5.10 Å². The zero-order valence-electron chi connectivity index (χ0n) is 12.4. The van der Waals surface area contributed by atoms with E-state index in [2.05, 4.69) is 28.6 Å². The van der Waals surface area contributed by atoms with Crippen molar-refractivity contribution < 1.29 is 0 Å². The highest BCUT2D eigenvalue weighted by Gasteiger charge is 2.35. The Morgan fingerprint density at radius 1 is 1.37 bits per heavy atom. The molecule has 1 aliphatic carbocycles. The van der Waals surface area contributed by atoms with Gasteiger partial charge in [0, 0.05) is 13.0 Å². The van der Waals surface area contributed by atoms with Gasteiger partial charge in [-0.3, -0.25) is 4.68 Å². The number of nitrogens with two attached hydrogens (primary N) is 1. The zero-order chi connectivity index (χ0) is 13.7. The number of rotatable bonds is 6. The van der Waals surface area contributed by atoms with Crippen LogP contribution in [-0.2, 0) is 13.0 Å². The van der Waals surface area contributed by atoms with Crippen molar-refractivity contribution in [2.75, 3.05) is 6.54 Å². The van der Waals surface area contributed by atoms with Crippen molar-refractivity contribution in [1.29, 1.82) is 0 Å². The largest absolute Gasteiger partial charge is 0.330 e. The highest BCUT2D eigenvalue weighted by molar-refractivity contribution is 4.97. The highest BCUT2D eigenvalue weighted by Crippen LogP contribution is 2.41. The van der Waals surface area contributed by atoms with Gasteiger partial charge in [-0.05, 0) is 50.0 Å². The molecule has 0 aliphatic heterocycles. The van der Waals surface area contributed by atoms with Gasteiger partial charge in [-0.1, -0.05) is 20.3 Å². The summed E-state index contributed by atoms with van der Waals surface area (Å²) in [6.07, 6.45) is 10.3. The molecule has 0 spiro atoms. The average molecular weight is 264 g/mol. The third-order valence-electron chi connectivity index (χ3n) is 4.84. The van der Waals surface area contributed by atoms with Crippen molar-refractivity contribution in [2.24, 2.45) is 17.1 Å². The summed E-state index contributed by atoms with van der Waals surface area (Å²) in [7, 11) is 0. The molecule has 1 heterocycles. The first-order chi connectivity index (χ1) is 9.23. The molecule has 2 rings (SSSR count). The normalized spacial score (nSPS) is 27.6. The standard InChI is InChI=1S/C15H28N4/c1-3-9-19-14(17-12-18-19)10-15(11-16)7-5-13(4-2)6-8-15/h12-13H,3-11,16H2,1-2H3. The average Bonchev–Trinajstić information content (AvgIpc) is 2.87. The van der Waals surface area contributed by atoms with Crippen LogP contribution < -0.4 is 5.73 Å². The summed E-state index contributed by atoms with van der Waals surface area (Å²) in [5.41, 5.74) is 6.38. The Labute approximate surface area is 116 Å². The molecule has 0 atom stereocenters. The third kappa shape index (κ3) is 3.35. The number of aromatic nitrogens is 3. The van der Waals surface area contributed by atoms with Crippen LogP contribution in [0.15, 0.2) is 6.33 Å². The molecule has 0 aromatic carbocycles. The van der Waals surface area contributed by atoms with E-state index in [9.17, 15) is 0 Å². The van der Waals surface area contributed by atoms with Crippen molar-refractivity contribution in [2.45, 2.75) is 65.3 Å². The summed E-state index contributed by atoms with van der Waals surface area (Å²) < 4.78 is 2.06. The molecule has 0 amide bonds. The maximum Gasteiger partial charge on any atom is 0.138 e. The SMILES string of the molecule is CCCn1ncnc1CC1(CN)CCC(CC)CC1. The second-order valence-electron chi connectivity index (χ2n) is 6.13. The van der Waals surface area contributed by atoms with Crippen LogP contribution in [0.3, 0.4) is 0 Å². The van der Waals surface area contributed by atoms with Crippen molar-refractivity contribution in [1.82, 2.24) is 14.8 Å². The van der Waals surface area contributed by atoms with Crippen LogP contribution >= 0.6 is 0 Å². The predicted octanol–water partition coefficient (Wildman–Crippen LogP) is 2.78. The van der Waals surface area contributed by atoms with E-state index in [4.69, 9.17) is 5.73 Å². The molecule has 1 aromatic heterocycles. The van der Waals surface area contributed by atoms with E-state index in [1.807, 2.05) is 0 Å². The quantitative estimate of drug-likeness (QED) is 0.859. The van der Waals surface area contributed by atoms with Gasteiger partial charge < -0.3 is 5.73 Å². The van der Waals surface area contributed by atoms with Crippen molar-refractivity contribution in [3.05, 3.63) is 12.2 Å². The summed E-state index contributed by atoms with van der Waals surface area (Å²) in [5.74, 6) is 2.04. The molecular weight excluding hydrogens is 236 g/mol. The smallest absolute Gasteiger partial charge is 0.138 e. The van der Waals surface area contributed by atoms with E-state index in [0.29, 0.717) is 0 Å². The van der Waals surface area contributed by atoms with Crippen LogP contribution in [0, 0.1) is 11.3 Å². The maximum absolute atomic E-state index is 6.11. The van der Waals surface area contributed by atoms with Crippen LogP contribution in [0.2, 0.25) is 0 Å². The number of nitrogens with zero attached hydrogens (tertiary/aromatic N) is 3. The first kappa shape index (κ1) is 14.5. The lowest BCUT2D eigenvalue weighted by Crippen LogP contribution is -2.37. The molecule has 2 N–H and O–H groups in total. The van der Waals surface area contributed by atoms with Crippen LogP contribution in [0.25, 0.3) is 0 Å². The minimum atomic E-state index is 0.268. The van der Waals surface area contributed by atoms with E-state index in [1.165, 1.54) is 32.1 Å². The second kappa shape index (κ2) is 6.51. The fraction of sp³-hybridized carbons (Fsp3) is 0.867. The minimum Gasteiger partial charge on any atom is -0.330 e. The van der Waals surface area contributed by atoms with Gasteiger partial charge in [0.05, 0.1) is 0 Å². The van der Waals surface area contributed by atoms with Crippen molar-refractivity contribution in [3.63, 3.8) is 0 Å². The Morgan fingerprint density at radius 2 is 2.11 bits per heavy atom. The number of hydrogen-bond donors (Lipinski definition) is 1. The first-order valence-corrected chi connectivity index (χ1v) is 7.79. The van der Waals surface area contributed by atoms with Crippen LogP contribution in [0.4, 0.5) is 0 Å². The number of aryl methyl sites for hydroxylation is 1. The molecule has 1 aromatic rings. The van der Waals surface area contributed by atoms with Gasteiger partial charge >= 0.3 is 0 Å².